The van der Waals surface area contributed by atoms with E-state index in [1.807, 2.05) is 9.80 Å². The maximum atomic E-state index is 12.8. The molecule has 2 saturated carbocycles. The molecule has 3 aliphatic heterocycles. The fourth-order valence-electron chi connectivity index (χ4n) is 4.58. The first-order valence-electron chi connectivity index (χ1n) is 10.0. The molecule has 3 heterocycles. The van der Waals surface area contributed by atoms with Crippen LogP contribution in [0.3, 0.4) is 0 Å². The van der Waals surface area contributed by atoms with Gasteiger partial charge in [-0.3, -0.25) is 14.5 Å². The number of ether oxygens (including phenoxy) is 1. The Morgan fingerprint density at radius 2 is 1.80 bits per heavy atom. The Labute approximate surface area is 149 Å². The van der Waals surface area contributed by atoms with Crippen molar-refractivity contribution in [1.29, 1.82) is 0 Å². The third-order valence-electron chi connectivity index (χ3n) is 6.82. The first-order chi connectivity index (χ1) is 12.0. The molecule has 25 heavy (non-hydrogen) atoms. The second kappa shape index (κ2) is 5.68. The summed E-state index contributed by atoms with van der Waals surface area (Å²) < 4.78 is 6.21. The molecule has 2 amide bonds. The zero-order valence-electron chi connectivity index (χ0n) is 15.2. The van der Waals surface area contributed by atoms with Crippen LogP contribution in [0.5, 0.6) is 0 Å². The predicted octanol–water partition coefficient (Wildman–Crippen LogP) is 0.567. The van der Waals surface area contributed by atoms with Gasteiger partial charge < -0.3 is 14.5 Å². The largest absolute Gasteiger partial charge is 0.368 e. The highest BCUT2D eigenvalue weighted by Crippen LogP contribution is 2.42. The first kappa shape index (κ1) is 16.1. The minimum atomic E-state index is -0.228. The van der Waals surface area contributed by atoms with Crippen molar-refractivity contribution in [2.24, 2.45) is 17.8 Å². The number of nitrogens with zero attached hydrogens (tertiary/aromatic N) is 3. The Kier molecular flexibility index (Phi) is 3.65. The summed E-state index contributed by atoms with van der Waals surface area (Å²) in [6, 6.07) is -0.111. The third-order valence-corrected chi connectivity index (χ3v) is 6.82. The highest BCUT2D eigenvalue weighted by atomic mass is 16.5. The predicted molar refractivity (Wildman–Crippen MR) is 91.8 cm³/mol. The molecule has 0 aromatic carbocycles. The molecule has 6 heteroatoms. The van der Waals surface area contributed by atoms with Crippen LogP contribution in [-0.2, 0) is 14.3 Å². The lowest BCUT2D eigenvalue weighted by molar-refractivity contribution is -0.208. The Hall–Kier alpha value is -1.14. The van der Waals surface area contributed by atoms with E-state index in [2.05, 4.69) is 11.8 Å². The Bertz CT molecular complexity index is 580. The van der Waals surface area contributed by atoms with Gasteiger partial charge in [0.25, 0.3) is 0 Å². The van der Waals surface area contributed by atoms with Crippen molar-refractivity contribution in [1.82, 2.24) is 14.7 Å². The van der Waals surface area contributed by atoms with Crippen LogP contribution in [-0.4, -0.2) is 84.0 Å². The molecule has 5 aliphatic rings. The molecule has 0 aromatic heterocycles. The lowest BCUT2D eigenvalue weighted by atomic mass is 9.89. The molecule has 3 atom stereocenters. The van der Waals surface area contributed by atoms with Crippen LogP contribution in [0.15, 0.2) is 0 Å². The van der Waals surface area contributed by atoms with E-state index < -0.39 is 0 Å². The lowest BCUT2D eigenvalue weighted by Gasteiger charge is -2.56. The van der Waals surface area contributed by atoms with Gasteiger partial charge in [0, 0.05) is 32.1 Å². The quantitative estimate of drug-likeness (QED) is 0.746. The van der Waals surface area contributed by atoms with Gasteiger partial charge in [0.15, 0.2) is 0 Å². The van der Waals surface area contributed by atoms with Gasteiger partial charge in [0.2, 0.25) is 11.8 Å². The summed E-state index contributed by atoms with van der Waals surface area (Å²) in [5.74, 6) is 2.13. The van der Waals surface area contributed by atoms with E-state index in [1.165, 1.54) is 12.8 Å². The zero-order valence-corrected chi connectivity index (χ0v) is 15.2. The van der Waals surface area contributed by atoms with Crippen molar-refractivity contribution in [3.05, 3.63) is 0 Å². The van der Waals surface area contributed by atoms with E-state index in [4.69, 9.17) is 4.74 Å². The molecule has 0 N–H and O–H groups in total. The van der Waals surface area contributed by atoms with Crippen molar-refractivity contribution < 1.29 is 14.3 Å². The molecule has 3 unspecified atom stereocenters. The number of hydrogen-bond donors (Lipinski definition) is 0. The topological polar surface area (TPSA) is 53.1 Å². The van der Waals surface area contributed by atoms with Gasteiger partial charge in [-0.05, 0) is 37.5 Å². The van der Waals surface area contributed by atoms with Crippen molar-refractivity contribution in [2.45, 2.75) is 44.2 Å². The van der Waals surface area contributed by atoms with E-state index in [1.54, 1.807) is 0 Å². The van der Waals surface area contributed by atoms with Gasteiger partial charge in [0.1, 0.15) is 11.6 Å². The Morgan fingerprint density at radius 3 is 2.36 bits per heavy atom. The average molecular weight is 347 g/mol. The smallest absolute Gasteiger partial charge is 0.242 e. The maximum Gasteiger partial charge on any atom is 0.242 e. The normalized spacial score (nSPS) is 36.8. The molecule has 0 bridgehead atoms. The standard InChI is InChI=1S/C19H29N3O3/c1-13-7-15(13)17(23)22-11-19(12-22)10-21(8-14-3-4-14)16(9-25-19)18(24)20-5-2-6-20/h13-16H,2-12H2,1H3. The summed E-state index contributed by atoms with van der Waals surface area (Å²) >= 11 is 0. The fraction of sp³-hybridized carbons (Fsp3) is 0.895. The first-order valence-corrected chi connectivity index (χ1v) is 10.0. The summed E-state index contributed by atoms with van der Waals surface area (Å²) in [6.45, 7) is 7.68. The highest BCUT2D eigenvalue weighted by molar-refractivity contribution is 5.83. The molecule has 6 nitrogen and oxygen atoms in total. The second-order valence-corrected chi connectivity index (χ2v) is 9.08. The Balaban J connectivity index is 1.23. The minimum absolute atomic E-state index is 0.111. The molecule has 5 fully saturated rings. The van der Waals surface area contributed by atoms with Gasteiger partial charge in [-0.1, -0.05) is 6.92 Å². The van der Waals surface area contributed by atoms with Gasteiger partial charge in [-0.15, -0.1) is 0 Å². The van der Waals surface area contributed by atoms with Gasteiger partial charge in [-0.2, -0.15) is 0 Å². The van der Waals surface area contributed by atoms with Gasteiger partial charge in [-0.25, -0.2) is 0 Å². The molecule has 0 aromatic rings. The number of morpholine rings is 1. The molecule has 2 aliphatic carbocycles. The summed E-state index contributed by atoms with van der Waals surface area (Å²) in [5.41, 5.74) is -0.228. The van der Waals surface area contributed by atoms with E-state index in [9.17, 15) is 9.59 Å². The summed E-state index contributed by atoms with van der Waals surface area (Å²) in [7, 11) is 0. The second-order valence-electron chi connectivity index (χ2n) is 9.08. The summed E-state index contributed by atoms with van der Waals surface area (Å²) in [4.78, 5) is 31.5. The molecule has 1 spiro atoms. The van der Waals surface area contributed by atoms with Crippen molar-refractivity contribution in [2.75, 3.05) is 45.9 Å². The van der Waals surface area contributed by atoms with Crippen molar-refractivity contribution in [3.8, 4) is 0 Å². The number of carbonyl (C=O) groups excluding carboxylic acids is 2. The van der Waals surface area contributed by atoms with Crippen molar-refractivity contribution >= 4 is 11.8 Å². The molecule has 5 rings (SSSR count). The average Bonchev–Trinajstić information content (AvgIpc) is 3.40. The molecular weight excluding hydrogens is 318 g/mol. The van der Waals surface area contributed by atoms with Crippen LogP contribution in [0.25, 0.3) is 0 Å². The number of carbonyl (C=O) groups is 2. The number of likely N-dealkylation sites (tertiary alicyclic amines) is 2. The minimum Gasteiger partial charge on any atom is -0.368 e. The van der Waals surface area contributed by atoms with Crippen LogP contribution >= 0.6 is 0 Å². The van der Waals surface area contributed by atoms with Crippen LogP contribution < -0.4 is 0 Å². The van der Waals surface area contributed by atoms with E-state index in [0.717, 1.165) is 44.9 Å². The van der Waals surface area contributed by atoms with Crippen molar-refractivity contribution in [3.63, 3.8) is 0 Å². The fourth-order valence-corrected chi connectivity index (χ4v) is 4.58. The molecule has 3 saturated heterocycles. The van der Waals surface area contributed by atoms with Crippen LogP contribution in [0.1, 0.15) is 32.6 Å². The van der Waals surface area contributed by atoms with E-state index in [-0.39, 0.29) is 23.5 Å². The number of hydrogen-bond acceptors (Lipinski definition) is 4. The third kappa shape index (κ3) is 2.87. The summed E-state index contributed by atoms with van der Waals surface area (Å²) in [5, 5.41) is 0. The molecule has 0 radical (unpaired) electrons. The maximum absolute atomic E-state index is 12.8. The van der Waals surface area contributed by atoms with E-state index in [0.29, 0.717) is 31.5 Å². The monoisotopic (exact) mass is 347 g/mol. The van der Waals surface area contributed by atoms with Gasteiger partial charge in [0.05, 0.1) is 19.7 Å². The number of rotatable bonds is 4. The van der Waals surface area contributed by atoms with Crippen LogP contribution in [0.4, 0.5) is 0 Å². The number of amides is 2. The Morgan fingerprint density at radius 1 is 1.08 bits per heavy atom. The van der Waals surface area contributed by atoms with Gasteiger partial charge >= 0.3 is 0 Å². The zero-order chi connectivity index (χ0) is 17.2. The van der Waals surface area contributed by atoms with E-state index >= 15 is 0 Å². The SMILES string of the molecule is CC1CC1C(=O)N1CC2(C1)CN(CC1CC1)C(C(=O)N1CCC1)CO2. The lowest BCUT2D eigenvalue weighted by Crippen LogP contribution is -2.74. The summed E-state index contributed by atoms with van der Waals surface area (Å²) in [6.07, 6.45) is 4.75. The van der Waals surface area contributed by atoms with Crippen LogP contribution in [0, 0.1) is 17.8 Å². The highest BCUT2D eigenvalue weighted by Gasteiger charge is 2.55. The molecule has 138 valence electrons. The molecular formula is C19H29N3O3. The van der Waals surface area contributed by atoms with Crippen LogP contribution in [0.2, 0.25) is 0 Å².